The van der Waals surface area contributed by atoms with E-state index in [2.05, 4.69) is 55.4 Å². The van der Waals surface area contributed by atoms with Gasteiger partial charge in [0.05, 0.1) is 11.5 Å². The minimum Gasteiger partial charge on any atom is -0.481 e. The summed E-state index contributed by atoms with van der Waals surface area (Å²) in [7, 11) is 0. The van der Waals surface area contributed by atoms with E-state index in [1.165, 1.54) is 25.7 Å². The molecule has 0 aromatic heterocycles. The van der Waals surface area contributed by atoms with E-state index in [0.717, 1.165) is 38.5 Å². The summed E-state index contributed by atoms with van der Waals surface area (Å²) in [5.41, 5.74) is 0.220. The molecule has 0 saturated heterocycles. The maximum absolute atomic E-state index is 12.9. The van der Waals surface area contributed by atoms with Gasteiger partial charge in [-0.2, -0.15) is 0 Å². The van der Waals surface area contributed by atoms with Crippen molar-refractivity contribution in [1.29, 1.82) is 0 Å². The van der Waals surface area contributed by atoms with Gasteiger partial charge in [0.15, 0.2) is 0 Å². The molecule has 2 N–H and O–H groups in total. The van der Waals surface area contributed by atoms with Gasteiger partial charge < -0.3 is 10.2 Å². The normalized spacial score (nSPS) is 56.2. The minimum absolute atomic E-state index is 0.0186. The van der Waals surface area contributed by atoms with Crippen LogP contribution < -0.4 is 0 Å². The summed E-state index contributed by atoms with van der Waals surface area (Å²) in [6.07, 6.45) is 10.7. The fourth-order valence-corrected chi connectivity index (χ4v) is 12.3. The molecule has 3 nitrogen and oxygen atoms in total. The lowest BCUT2D eigenvalue weighted by molar-refractivity contribution is -0.279. The van der Waals surface area contributed by atoms with Crippen molar-refractivity contribution in [2.24, 2.45) is 62.1 Å². The molecule has 10 atom stereocenters. The second-order valence-electron chi connectivity index (χ2n) is 15.6. The van der Waals surface area contributed by atoms with E-state index < -0.39 is 11.4 Å². The molecule has 0 aromatic rings. The highest BCUT2D eigenvalue weighted by Crippen LogP contribution is 2.81. The van der Waals surface area contributed by atoms with Crippen LogP contribution in [0.5, 0.6) is 0 Å². The van der Waals surface area contributed by atoms with Gasteiger partial charge in [-0.05, 0) is 121 Å². The van der Waals surface area contributed by atoms with Gasteiger partial charge in [0.2, 0.25) is 0 Å². The van der Waals surface area contributed by atoms with Crippen LogP contribution in [0.25, 0.3) is 0 Å². The quantitative estimate of drug-likeness (QED) is 0.436. The van der Waals surface area contributed by atoms with Crippen molar-refractivity contribution in [3.8, 4) is 0 Å². The summed E-state index contributed by atoms with van der Waals surface area (Å²) in [5, 5.41) is 21.6. The molecular formula is C31H52O3. The molecule has 0 heterocycles. The number of hydrogen-bond acceptors (Lipinski definition) is 2. The first-order chi connectivity index (χ1) is 15.6. The van der Waals surface area contributed by atoms with Crippen LogP contribution in [-0.4, -0.2) is 22.3 Å². The summed E-state index contributed by atoms with van der Waals surface area (Å²) in [6.45, 7) is 19.7. The molecule has 194 valence electrons. The SMILES string of the molecule is CC(C)[C@@H]1CC[C@]2(C(=O)O)CC[C@@]3(C)[C@]4(C)CC[C@H]5C(C)(C)[C@H](O)CC[C@]5(C)[C@H]4CC[C@]3(C)[C@@H]12. The van der Waals surface area contributed by atoms with Crippen LogP contribution in [0.4, 0.5) is 0 Å². The highest BCUT2D eigenvalue weighted by Gasteiger charge is 2.75. The molecule has 5 aliphatic rings. The van der Waals surface area contributed by atoms with Crippen LogP contribution in [0.2, 0.25) is 0 Å². The fraction of sp³-hybridized carbons (Fsp3) is 0.968. The number of rotatable bonds is 2. The van der Waals surface area contributed by atoms with Gasteiger partial charge >= 0.3 is 5.97 Å². The Kier molecular flexibility index (Phi) is 5.36. The fourth-order valence-electron chi connectivity index (χ4n) is 12.3. The molecule has 0 aromatic carbocycles. The van der Waals surface area contributed by atoms with Crippen LogP contribution in [-0.2, 0) is 4.79 Å². The summed E-state index contributed by atoms with van der Waals surface area (Å²) in [5.74, 6) is 2.10. The Balaban J connectivity index is 1.61. The van der Waals surface area contributed by atoms with Crippen molar-refractivity contribution >= 4 is 5.97 Å². The second-order valence-corrected chi connectivity index (χ2v) is 15.6. The first kappa shape index (κ1) is 25.1. The van der Waals surface area contributed by atoms with E-state index in [1.54, 1.807) is 0 Å². The Morgan fingerprint density at radius 1 is 0.765 bits per heavy atom. The third kappa shape index (κ3) is 2.67. The predicted octanol–water partition coefficient (Wildman–Crippen LogP) is 7.56. The van der Waals surface area contributed by atoms with E-state index in [-0.39, 0.29) is 33.2 Å². The number of aliphatic hydroxyl groups excluding tert-OH is 1. The van der Waals surface area contributed by atoms with Crippen LogP contribution in [0.15, 0.2) is 0 Å². The van der Waals surface area contributed by atoms with Crippen LogP contribution in [0.3, 0.4) is 0 Å². The zero-order chi connectivity index (χ0) is 25.1. The average molecular weight is 473 g/mol. The monoisotopic (exact) mass is 472 g/mol. The summed E-state index contributed by atoms with van der Waals surface area (Å²) in [4.78, 5) is 12.9. The van der Waals surface area contributed by atoms with Crippen molar-refractivity contribution < 1.29 is 15.0 Å². The molecule has 0 spiro atoms. The van der Waals surface area contributed by atoms with Gasteiger partial charge in [-0.25, -0.2) is 0 Å². The Morgan fingerprint density at radius 2 is 1.38 bits per heavy atom. The number of hydrogen-bond donors (Lipinski definition) is 2. The average Bonchev–Trinajstić information content (AvgIpc) is 3.16. The molecule has 0 unspecified atom stereocenters. The first-order valence-corrected chi connectivity index (χ1v) is 14.5. The molecule has 0 aliphatic heterocycles. The molecule has 0 radical (unpaired) electrons. The van der Waals surface area contributed by atoms with Gasteiger partial charge in [0.1, 0.15) is 0 Å². The lowest BCUT2D eigenvalue weighted by Crippen LogP contribution is -2.70. The van der Waals surface area contributed by atoms with Crippen molar-refractivity contribution in [3.63, 3.8) is 0 Å². The standard InChI is InChI=1S/C31H52O3/c1-19(2)20-9-16-31(25(33)34)18-17-30(8)28(6)14-10-21-26(3,4)23(32)12-13-27(21,5)22(28)11-15-29(30,7)24(20)31/h19-24,32H,9-18H2,1-8H3,(H,33,34)/t20-,21-,22+,23+,24+,27-,28+,29+,30-,31-/m0/s1. The van der Waals surface area contributed by atoms with Gasteiger partial charge in [-0.1, -0.05) is 55.4 Å². The Bertz CT molecular complexity index is 863. The Morgan fingerprint density at radius 3 is 2.00 bits per heavy atom. The largest absolute Gasteiger partial charge is 0.481 e. The molecule has 5 saturated carbocycles. The number of carboxylic acid groups (broad SMARTS) is 1. The summed E-state index contributed by atoms with van der Waals surface area (Å²) >= 11 is 0. The Labute approximate surface area is 208 Å². The summed E-state index contributed by atoms with van der Waals surface area (Å²) < 4.78 is 0. The van der Waals surface area contributed by atoms with Crippen molar-refractivity contribution in [2.45, 2.75) is 126 Å². The topological polar surface area (TPSA) is 57.5 Å². The van der Waals surface area contributed by atoms with Crippen molar-refractivity contribution in [2.75, 3.05) is 0 Å². The third-order valence-corrected chi connectivity index (χ3v) is 14.5. The van der Waals surface area contributed by atoms with Crippen LogP contribution in [0, 0.1) is 62.1 Å². The molecule has 5 aliphatic carbocycles. The molecule has 0 amide bonds. The van der Waals surface area contributed by atoms with E-state index >= 15 is 0 Å². The number of carboxylic acids is 1. The smallest absolute Gasteiger partial charge is 0.309 e. The van der Waals surface area contributed by atoms with E-state index in [9.17, 15) is 15.0 Å². The van der Waals surface area contributed by atoms with E-state index in [1.807, 2.05) is 0 Å². The zero-order valence-electron chi connectivity index (χ0n) is 23.3. The minimum atomic E-state index is -0.509. The van der Waals surface area contributed by atoms with Gasteiger partial charge in [-0.3, -0.25) is 4.79 Å². The lowest BCUT2D eigenvalue weighted by Gasteiger charge is -2.75. The second kappa shape index (κ2) is 7.26. The molecule has 5 rings (SSSR count). The third-order valence-electron chi connectivity index (χ3n) is 14.5. The summed E-state index contributed by atoms with van der Waals surface area (Å²) in [6, 6.07) is 0. The van der Waals surface area contributed by atoms with Crippen molar-refractivity contribution in [1.82, 2.24) is 0 Å². The number of aliphatic carboxylic acids is 1. The number of fused-ring (bicyclic) bond motifs is 7. The highest BCUT2D eigenvalue weighted by molar-refractivity contribution is 5.76. The molecular weight excluding hydrogens is 420 g/mol. The lowest BCUT2D eigenvalue weighted by atomic mass is 9.29. The molecule has 34 heavy (non-hydrogen) atoms. The van der Waals surface area contributed by atoms with Crippen LogP contribution >= 0.6 is 0 Å². The van der Waals surface area contributed by atoms with Gasteiger partial charge in [0.25, 0.3) is 0 Å². The molecule has 3 heteroatoms. The molecule has 5 fully saturated rings. The first-order valence-electron chi connectivity index (χ1n) is 14.5. The van der Waals surface area contributed by atoms with Gasteiger partial charge in [-0.15, -0.1) is 0 Å². The maximum atomic E-state index is 12.9. The molecule has 0 bridgehead atoms. The zero-order valence-corrected chi connectivity index (χ0v) is 23.3. The maximum Gasteiger partial charge on any atom is 0.309 e. The van der Waals surface area contributed by atoms with Crippen molar-refractivity contribution in [3.05, 3.63) is 0 Å². The van der Waals surface area contributed by atoms with E-state index in [4.69, 9.17) is 0 Å². The van der Waals surface area contributed by atoms with E-state index in [0.29, 0.717) is 29.6 Å². The van der Waals surface area contributed by atoms with Gasteiger partial charge in [0, 0.05) is 0 Å². The number of aliphatic hydroxyl groups is 1. The Hall–Kier alpha value is -0.570. The highest BCUT2D eigenvalue weighted by atomic mass is 16.4. The van der Waals surface area contributed by atoms with Crippen LogP contribution in [0.1, 0.15) is 120 Å². The number of carbonyl (C=O) groups is 1. The predicted molar refractivity (Wildman–Crippen MR) is 137 cm³/mol.